The van der Waals surface area contributed by atoms with E-state index in [9.17, 15) is 5.11 Å². The maximum atomic E-state index is 13.1. The summed E-state index contributed by atoms with van der Waals surface area (Å²) < 4.78 is 0. The van der Waals surface area contributed by atoms with Gasteiger partial charge >= 0.3 is 0 Å². The highest BCUT2D eigenvalue weighted by molar-refractivity contribution is 6.15. The Morgan fingerprint density at radius 1 is 0.274 bits per heavy atom. The number of hydrogen-bond acceptors (Lipinski definition) is 2. The molecule has 0 saturated heterocycles. The molecule has 0 bridgehead atoms. The Morgan fingerprint density at radius 2 is 0.758 bits per heavy atom. The van der Waals surface area contributed by atoms with Crippen LogP contribution in [0.3, 0.4) is 0 Å². The third-order valence-corrected chi connectivity index (χ3v) is 12.2. The second kappa shape index (κ2) is 15.8. The molecule has 0 aliphatic carbocycles. The lowest BCUT2D eigenvalue weighted by Crippen LogP contribution is -2.11. The first-order chi connectivity index (χ1) is 30.7. The third kappa shape index (κ3) is 6.74. The van der Waals surface area contributed by atoms with Crippen molar-refractivity contribution in [3.8, 4) is 61.4 Å². The number of phenolic OH excluding ortho intramolecular Hbond substituents is 1. The lowest BCUT2D eigenvalue weighted by atomic mass is 9.87. The van der Waals surface area contributed by atoms with Gasteiger partial charge in [-0.25, -0.2) is 0 Å². The summed E-state index contributed by atoms with van der Waals surface area (Å²) >= 11 is 0. The van der Waals surface area contributed by atoms with E-state index in [0.29, 0.717) is 5.69 Å². The minimum Gasteiger partial charge on any atom is -0.505 e. The first kappa shape index (κ1) is 36.8. The van der Waals surface area contributed by atoms with Gasteiger partial charge in [0, 0.05) is 16.9 Å². The Labute approximate surface area is 361 Å². The maximum absolute atomic E-state index is 13.1. The second-order valence-electron chi connectivity index (χ2n) is 15.9. The summed E-state index contributed by atoms with van der Waals surface area (Å²) in [5.41, 5.74) is 13.2. The number of phenols is 1. The van der Waals surface area contributed by atoms with Crippen molar-refractivity contribution in [3.63, 3.8) is 0 Å². The van der Waals surface area contributed by atoms with Crippen LogP contribution in [-0.4, -0.2) is 5.11 Å². The molecule has 62 heavy (non-hydrogen) atoms. The zero-order chi connectivity index (χ0) is 41.4. The topological polar surface area (TPSA) is 23.5 Å². The summed E-state index contributed by atoms with van der Waals surface area (Å²) in [4.78, 5) is 2.18. The Bertz CT molecular complexity index is 3390. The average molecular weight is 792 g/mol. The molecule has 0 aliphatic rings. The van der Waals surface area contributed by atoms with Gasteiger partial charge in [-0.3, -0.25) is 0 Å². The minimum absolute atomic E-state index is 0.210. The van der Waals surface area contributed by atoms with Gasteiger partial charge in [-0.2, -0.15) is 0 Å². The van der Waals surface area contributed by atoms with E-state index in [1.807, 2.05) is 6.07 Å². The summed E-state index contributed by atoms with van der Waals surface area (Å²) in [7, 11) is 0. The van der Waals surface area contributed by atoms with Gasteiger partial charge in [0.1, 0.15) is 5.75 Å². The van der Waals surface area contributed by atoms with Crippen LogP contribution in [0, 0.1) is 0 Å². The van der Waals surface area contributed by atoms with E-state index in [0.717, 1.165) is 77.4 Å². The van der Waals surface area contributed by atoms with Crippen LogP contribution in [0.5, 0.6) is 5.75 Å². The van der Waals surface area contributed by atoms with Gasteiger partial charge in [0.05, 0.1) is 5.69 Å². The molecule has 11 rings (SSSR count). The molecule has 0 fully saturated rings. The van der Waals surface area contributed by atoms with Crippen molar-refractivity contribution >= 4 is 49.4 Å². The number of fused-ring (bicyclic) bond motifs is 4. The van der Waals surface area contributed by atoms with Gasteiger partial charge in [0.2, 0.25) is 0 Å². The lowest BCUT2D eigenvalue weighted by molar-refractivity contribution is 0.479. The van der Waals surface area contributed by atoms with Crippen LogP contribution >= 0.6 is 0 Å². The molecule has 11 aromatic rings. The van der Waals surface area contributed by atoms with E-state index in [4.69, 9.17) is 0 Å². The van der Waals surface area contributed by atoms with E-state index in [1.165, 1.54) is 21.9 Å². The summed E-state index contributed by atoms with van der Waals surface area (Å²) in [5, 5.41) is 20.1. The zero-order valence-corrected chi connectivity index (χ0v) is 34.0. The number of hydrogen-bond donors (Lipinski definition) is 1. The predicted molar refractivity (Wildman–Crippen MR) is 262 cm³/mol. The van der Waals surface area contributed by atoms with Crippen molar-refractivity contribution in [1.29, 1.82) is 0 Å². The number of anilines is 3. The summed E-state index contributed by atoms with van der Waals surface area (Å²) in [6.45, 7) is 0. The molecule has 0 atom stereocenters. The van der Waals surface area contributed by atoms with Crippen molar-refractivity contribution in [2.24, 2.45) is 0 Å². The Balaban J connectivity index is 1.11. The monoisotopic (exact) mass is 791 g/mol. The van der Waals surface area contributed by atoms with E-state index in [1.54, 1.807) is 0 Å². The fourth-order valence-corrected chi connectivity index (χ4v) is 9.07. The molecule has 0 spiro atoms. The van der Waals surface area contributed by atoms with E-state index in [2.05, 4.69) is 241 Å². The van der Waals surface area contributed by atoms with Crippen LogP contribution in [0.25, 0.3) is 88.0 Å². The van der Waals surface area contributed by atoms with Crippen molar-refractivity contribution in [3.05, 3.63) is 243 Å². The molecule has 11 aromatic carbocycles. The van der Waals surface area contributed by atoms with E-state index in [-0.39, 0.29) is 5.75 Å². The Hall–Kier alpha value is -8.20. The first-order valence-electron chi connectivity index (χ1n) is 21.1. The normalized spacial score (nSPS) is 11.3. The van der Waals surface area contributed by atoms with Crippen molar-refractivity contribution in [1.82, 2.24) is 0 Å². The SMILES string of the molecule is Oc1c(N(c2ccc(-c3ccccc3)cc2)c2ccc(-c3cccc(-c4ccccc4)c3)cc2)ccc(-c2cc3ccccc3c3ccccc23)c1-c1ccc2ccccc2c1. The maximum Gasteiger partial charge on any atom is 0.148 e. The number of benzene rings is 11. The van der Waals surface area contributed by atoms with Gasteiger partial charge in [-0.1, -0.05) is 194 Å². The van der Waals surface area contributed by atoms with Gasteiger partial charge < -0.3 is 10.0 Å². The molecule has 0 saturated carbocycles. The first-order valence-corrected chi connectivity index (χ1v) is 21.1. The molecule has 2 heteroatoms. The molecule has 0 aromatic heterocycles. The lowest BCUT2D eigenvalue weighted by Gasteiger charge is -2.28. The Kier molecular flexibility index (Phi) is 9.37. The van der Waals surface area contributed by atoms with Crippen molar-refractivity contribution in [2.45, 2.75) is 0 Å². The average Bonchev–Trinajstić information content (AvgIpc) is 3.35. The number of aromatic hydroxyl groups is 1. The highest BCUT2D eigenvalue weighted by Gasteiger charge is 2.24. The van der Waals surface area contributed by atoms with Gasteiger partial charge in [-0.05, 0) is 131 Å². The summed E-state index contributed by atoms with van der Waals surface area (Å²) in [6.07, 6.45) is 0. The van der Waals surface area contributed by atoms with Crippen LogP contribution in [0.2, 0.25) is 0 Å². The van der Waals surface area contributed by atoms with Crippen LogP contribution in [0.4, 0.5) is 17.1 Å². The van der Waals surface area contributed by atoms with E-state index < -0.39 is 0 Å². The smallest absolute Gasteiger partial charge is 0.148 e. The van der Waals surface area contributed by atoms with Crippen LogP contribution in [-0.2, 0) is 0 Å². The fourth-order valence-electron chi connectivity index (χ4n) is 9.07. The largest absolute Gasteiger partial charge is 0.505 e. The molecule has 1 N–H and O–H groups in total. The highest BCUT2D eigenvalue weighted by Crippen LogP contribution is 2.50. The molecule has 0 amide bonds. The molecular weight excluding hydrogens is 751 g/mol. The van der Waals surface area contributed by atoms with Crippen molar-refractivity contribution in [2.75, 3.05) is 4.90 Å². The van der Waals surface area contributed by atoms with Gasteiger partial charge in [-0.15, -0.1) is 0 Å². The predicted octanol–water partition coefficient (Wildman–Crippen LogP) is 16.7. The zero-order valence-electron chi connectivity index (χ0n) is 34.0. The molecule has 0 radical (unpaired) electrons. The number of nitrogens with zero attached hydrogens (tertiary/aromatic N) is 1. The molecule has 0 aliphatic heterocycles. The van der Waals surface area contributed by atoms with Crippen LogP contribution < -0.4 is 4.90 Å². The second-order valence-corrected chi connectivity index (χ2v) is 15.9. The fraction of sp³-hybridized carbons (Fsp3) is 0. The van der Waals surface area contributed by atoms with E-state index >= 15 is 0 Å². The van der Waals surface area contributed by atoms with Crippen LogP contribution in [0.1, 0.15) is 0 Å². The van der Waals surface area contributed by atoms with Crippen LogP contribution in [0.15, 0.2) is 243 Å². The molecule has 292 valence electrons. The third-order valence-electron chi connectivity index (χ3n) is 12.2. The summed E-state index contributed by atoms with van der Waals surface area (Å²) in [6, 6.07) is 85.6. The molecule has 0 unspecified atom stereocenters. The van der Waals surface area contributed by atoms with Gasteiger partial charge in [0.25, 0.3) is 0 Å². The summed E-state index contributed by atoms with van der Waals surface area (Å²) in [5.74, 6) is 0.210. The molecule has 0 heterocycles. The van der Waals surface area contributed by atoms with Crippen molar-refractivity contribution < 1.29 is 5.11 Å². The van der Waals surface area contributed by atoms with Gasteiger partial charge in [0.15, 0.2) is 0 Å². The minimum atomic E-state index is 0.210. The quantitative estimate of drug-likeness (QED) is 0.155. The molecular formula is C60H41NO. The standard InChI is InChI=1S/C60H41NO/c62-60-58(37-36-56(59(60)50-27-26-43-18-7-8-19-46(43)39-50)57-40-49-20-9-10-23-53(49)54-24-11-12-25-55(54)57)61(51-32-28-44(29-33-51)41-14-3-1-4-15-41)52-34-30-45(31-35-52)48-22-13-21-47(38-48)42-16-5-2-6-17-42/h1-40,62H. The number of rotatable bonds is 8. The highest BCUT2D eigenvalue weighted by atomic mass is 16.3. The Morgan fingerprint density at radius 3 is 1.42 bits per heavy atom. The molecule has 2 nitrogen and oxygen atoms in total.